The van der Waals surface area contributed by atoms with Gasteiger partial charge in [0.2, 0.25) is 10.0 Å². The van der Waals surface area contributed by atoms with E-state index in [2.05, 4.69) is 30.1 Å². The SMILES string of the molecule is CC1CN(S(=O)(=O)c2ccc(C(=O)Nc3sc4c(c3-c3nc5ccccc5s3)CCN(C(C)C)C4)cc2)CC(C)O1. The van der Waals surface area contributed by atoms with E-state index in [-0.39, 0.29) is 23.0 Å². The fraction of sp³-hybridized carbons (Fsp3) is 0.400. The number of rotatable bonds is 6. The topological polar surface area (TPSA) is 91.8 Å². The largest absolute Gasteiger partial charge is 0.373 e. The number of amides is 1. The van der Waals surface area contributed by atoms with Gasteiger partial charge in [-0.15, -0.1) is 22.7 Å². The zero-order valence-electron chi connectivity index (χ0n) is 23.6. The number of thiazole rings is 1. The lowest BCUT2D eigenvalue weighted by Gasteiger charge is -2.34. The summed E-state index contributed by atoms with van der Waals surface area (Å²) in [6, 6.07) is 14.7. The van der Waals surface area contributed by atoms with Gasteiger partial charge in [0.1, 0.15) is 10.0 Å². The van der Waals surface area contributed by atoms with E-state index in [1.807, 2.05) is 32.0 Å². The summed E-state index contributed by atoms with van der Waals surface area (Å²) in [5.74, 6) is -0.274. The number of anilines is 1. The lowest BCUT2D eigenvalue weighted by Crippen LogP contribution is -2.48. The van der Waals surface area contributed by atoms with Gasteiger partial charge in [-0.1, -0.05) is 12.1 Å². The zero-order chi connectivity index (χ0) is 28.9. The van der Waals surface area contributed by atoms with E-state index in [9.17, 15) is 13.2 Å². The molecule has 8 nitrogen and oxygen atoms in total. The Morgan fingerprint density at radius 2 is 1.76 bits per heavy atom. The summed E-state index contributed by atoms with van der Waals surface area (Å²) in [5, 5.41) is 4.85. The maximum absolute atomic E-state index is 13.5. The van der Waals surface area contributed by atoms with Gasteiger partial charge in [-0.3, -0.25) is 9.69 Å². The quantitative estimate of drug-likeness (QED) is 0.295. The molecule has 1 fully saturated rings. The number of ether oxygens (including phenoxy) is 1. The van der Waals surface area contributed by atoms with Gasteiger partial charge in [0, 0.05) is 48.2 Å². The highest BCUT2D eigenvalue weighted by atomic mass is 32.2. The fourth-order valence-electron chi connectivity index (χ4n) is 5.59. The Bertz CT molecular complexity index is 1650. The highest BCUT2D eigenvalue weighted by Gasteiger charge is 2.33. The van der Waals surface area contributed by atoms with Gasteiger partial charge in [0.25, 0.3) is 5.91 Å². The lowest BCUT2D eigenvalue weighted by atomic mass is 10.0. The summed E-state index contributed by atoms with van der Waals surface area (Å²) in [4.78, 5) is 22.3. The molecule has 0 spiro atoms. The van der Waals surface area contributed by atoms with E-state index < -0.39 is 10.0 Å². The van der Waals surface area contributed by atoms with E-state index in [0.29, 0.717) is 24.7 Å². The second-order valence-electron chi connectivity index (χ2n) is 11.1. The predicted molar refractivity (Wildman–Crippen MR) is 165 cm³/mol. The summed E-state index contributed by atoms with van der Waals surface area (Å²) in [6.07, 6.45) is 0.552. The minimum atomic E-state index is -3.69. The smallest absolute Gasteiger partial charge is 0.256 e. The Hall–Kier alpha value is -2.67. The van der Waals surface area contributed by atoms with Crippen molar-refractivity contribution in [3.63, 3.8) is 0 Å². The number of benzene rings is 2. The molecule has 6 rings (SSSR count). The second-order valence-corrected chi connectivity index (χ2v) is 15.1. The van der Waals surface area contributed by atoms with Crippen LogP contribution in [0.3, 0.4) is 0 Å². The van der Waals surface area contributed by atoms with Crippen LogP contribution < -0.4 is 5.32 Å². The average Bonchev–Trinajstić information content (AvgIpc) is 3.52. The Labute approximate surface area is 249 Å². The number of para-hydroxylation sites is 1. The first-order valence-electron chi connectivity index (χ1n) is 13.9. The molecule has 0 aliphatic carbocycles. The number of carbonyl (C=O) groups is 1. The third kappa shape index (κ3) is 5.59. The van der Waals surface area contributed by atoms with Crippen molar-refractivity contribution in [1.29, 1.82) is 0 Å². The molecule has 2 aromatic carbocycles. The van der Waals surface area contributed by atoms with Crippen LogP contribution >= 0.6 is 22.7 Å². The van der Waals surface area contributed by atoms with Crippen LogP contribution in [-0.2, 0) is 27.7 Å². The number of hydrogen-bond acceptors (Lipinski definition) is 8. The van der Waals surface area contributed by atoms with Crippen LogP contribution in [0, 0.1) is 0 Å². The predicted octanol–water partition coefficient (Wildman–Crippen LogP) is 5.84. The molecule has 216 valence electrons. The Kier molecular flexibility index (Phi) is 7.77. The Morgan fingerprint density at radius 3 is 2.44 bits per heavy atom. The Morgan fingerprint density at radius 1 is 1.05 bits per heavy atom. The number of nitrogens with one attached hydrogen (secondary N) is 1. The number of sulfonamides is 1. The van der Waals surface area contributed by atoms with Crippen molar-refractivity contribution in [2.24, 2.45) is 0 Å². The fourth-order valence-corrected chi connectivity index (χ4v) is 9.56. The van der Waals surface area contributed by atoms with Gasteiger partial charge in [0.15, 0.2) is 0 Å². The van der Waals surface area contributed by atoms with Crippen LogP contribution in [0.4, 0.5) is 5.00 Å². The highest BCUT2D eigenvalue weighted by Crippen LogP contribution is 2.46. The van der Waals surface area contributed by atoms with Gasteiger partial charge in [0.05, 0.1) is 27.3 Å². The zero-order valence-corrected chi connectivity index (χ0v) is 26.0. The first-order valence-corrected chi connectivity index (χ1v) is 17.0. The van der Waals surface area contributed by atoms with Gasteiger partial charge in [-0.05, 0) is 76.1 Å². The van der Waals surface area contributed by atoms with Crippen LogP contribution in [0.1, 0.15) is 48.5 Å². The third-order valence-corrected chi connectivity index (χ3v) is 11.7. The van der Waals surface area contributed by atoms with Crippen LogP contribution in [0.2, 0.25) is 0 Å². The molecule has 4 heterocycles. The van der Waals surface area contributed by atoms with E-state index in [0.717, 1.165) is 45.3 Å². The molecule has 2 atom stereocenters. The lowest BCUT2D eigenvalue weighted by molar-refractivity contribution is -0.0440. The molecule has 1 amide bonds. The van der Waals surface area contributed by atoms with Gasteiger partial charge < -0.3 is 10.1 Å². The highest BCUT2D eigenvalue weighted by molar-refractivity contribution is 7.89. The molecular formula is C30H34N4O4S3. The average molecular weight is 611 g/mol. The second kappa shape index (κ2) is 11.2. The molecule has 41 heavy (non-hydrogen) atoms. The first kappa shape index (κ1) is 28.4. The van der Waals surface area contributed by atoms with E-state index >= 15 is 0 Å². The van der Waals surface area contributed by atoms with Gasteiger partial charge in [-0.2, -0.15) is 4.31 Å². The number of morpholine rings is 1. The van der Waals surface area contributed by atoms with Crippen molar-refractivity contribution in [1.82, 2.24) is 14.2 Å². The minimum Gasteiger partial charge on any atom is -0.373 e. The van der Waals surface area contributed by atoms with Crippen LogP contribution in [0.25, 0.3) is 20.8 Å². The third-order valence-electron chi connectivity index (χ3n) is 7.69. The molecule has 11 heteroatoms. The van der Waals surface area contributed by atoms with Crippen molar-refractivity contribution in [2.75, 3.05) is 25.0 Å². The molecule has 2 aliphatic heterocycles. The van der Waals surface area contributed by atoms with Crippen molar-refractivity contribution in [2.45, 2.75) is 63.8 Å². The number of fused-ring (bicyclic) bond motifs is 2. The standard InChI is InChI=1S/C30H34N4O4S3/c1-18(2)33-14-13-23-26(17-33)40-30(27(23)29-31-24-7-5-6-8-25(24)39-29)32-28(35)21-9-11-22(12-10-21)41(36,37)34-15-19(3)38-20(4)16-34/h5-12,18-20H,13-17H2,1-4H3,(H,32,35). The molecular weight excluding hydrogens is 577 g/mol. The van der Waals surface area contributed by atoms with Crippen molar-refractivity contribution < 1.29 is 17.9 Å². The van der Waals surface area contributed by atoms with Crippen molar-refractivity contribution in [3.05, 3.63) is 64.5 Å². The number of hydrogen-bond donors (Lipinski definition) is 1. The maximum atomic E-state index is 13.5. The number of aromatic nitrogens is 1. The molecule has 0 radical (unpaired) electrons. The van der Waals surface area contributed by atoms with Crippen molar-refractivity contribution in [3.8, 4) is 10.6 Å². The van der Waals surface area contributed by atoms with Crippen LogP contribution in [0.15, 0.2) is 53.4 Å². The molecule has 1 N–H and O–H groups in total. The van der Waals surface area contributed by atoms with Gasteiger partial charge in [-0.25, -0.2) is 13.4 Å². The summed E-state index contributed by atoms with van der Waals surface area (Å²) in [5.41, 5.74) is 3.62. The minimum absolute atomic E-state index is 0.172. The van der Waals surface area contributed by atoms with Crippen LogP contribution in [-0.4, -0.2) is 66.4 Å². The van der Waals surface area contributed by atoms with E-state index in [1.165, 1.54) is 26.9 Å². The summed E-state index contributed by atoms with van der Waals surface area (Å²) in [7, 11) is -3.69. The molecule has 1 saturated heterocycles. The molecule has 2 unspecified atom stereocenters. The molecule has 0 saturated carbocycles. The van der Waals surface area contributed by atoms with Crippen molar-refractivity contribution >= 4 is 53.8 Å². The first-order chi connectivity index (χ1) is 19.6. The van der Waals surface area contributed by atoms with E-state index in [1.54, 1.807) is 34.8 Å². The van der Waals surface area contributed by atoms with Gasteiger partial charge >= 0.3 is 0 Å². The van der Waals surface area contributed by atoms with E-state index in [4.69, 9.17) is 9.72 Å². The summed E-state index contributed by atoms with van der Waals surface area (Å²) in [6.45, 7) is 10.6. The summed E-state index contributed by atoms with van der Waals surface area (Å²) >= 11 is 3.26. The summed E-state index contributed by atoms with van der Waals surface area (Å²) < 4.78 is 34.8. The number of nitrogens with zero attached hydrogens (tertiary/aromatic N) is 3. The normalized spacial score (nSPS) is 20.4. The number of carbonyl (C=O) groups excluding carboxylic acids is 1. The number of thiophene rings is 1. The molecule has 0 bridgehead atoms. The van der Waals surface area contributed by atoms with Crippen LogP contribution in [0.5, 0.6) is 0 Å². The molecule has 2 aromatic heterocycles. The molecule has 4 aromatic rings. The monoisotopic (exact) mass is 610 g/mol. The molecule has 2 aliphatic rings. The maximum Gasteiger partial charge on any atom is 0.256 e. The Balaban J connectivity index is 1.29.